The summed E-state index contributed by atoms with van der Waals surface area (Å²) in [6.45, 7) is 2.16. The maximum atomic E-state index is 12.4. The summed E-state index contributed by atoms with van der Waals surface area (Å²) in [5.41, 5.74) is -0.518. The number of nitrogens with zero attached hydrogens (tertiary/aromatic N) is 1. The number of urea groups is 1. The van der Waals surface area contributed by atoms with Crippen molar-refractivity contribution in [2.45, 2.75) is 38.3 Å². The lowest BCUT2D eigenvalue weighted by Crippen LogP contribution is -2.48. The molecule has 1 heterocycles. The number of unbranched alkanes of at least 4 members (excludes halogenated alkanes) is 1. The fourth-order valence-electron chi connectivity index (χ4n) is 2.32. The molecule has 1 aliphatic rings. The third-order valence-corrected chi connectivity index (χ3v) is 3.51. The van der Waals surface area contributed by atoms with Gasteiger partial charge >= 0.3 is 6.03 Å². The SMILES string of the molecule is CCCC[C@@]1(C=O)NC(=O)N(Cc2ccccc2)C1=O. The van der Waals surface area contributed by atoms with Crippen LogP contribution in [-0.2, 0) is 16.1 Å². The molecule has 20 heavy (non-hydrogen) atoms. The van der Waals surface area contributed by atoms with Gasteiger partial charge in [0.05, 0.1) is 6.54 Å². The van der Waals surface area contributed by atoms with E-state index in [-0.39, 0.29) is 6.54 Å². The van der Waals surface area contributed by atoms with Crippen LogP contribution >= 0.6 is 0 Å². The summed E-state index contributed by atoms with van der Waals surface area (Å²) in [5, 5.41) is 2.54. The number of imide groups is 1. The quantitative estimate of drug-likeness (QED) is 0.489. The molecule has 0 bridgehead atoms. The van der Waals surface area contributed by atoms with E-state index in [0.29, 0.717) is 19.1 Å². The molecular weight excluding hydrogens is 256 g/mol. The van der Waals surface area contributed by atoms with Crippen LogP contribution in [-0.4, -0.2) is 28.7 Å². The molecule has 1 aliphatic heterocycles. The van der Waals surface area contributed by atoms with Crippen LogP contribution in [0.2, 0.25) is 0 Å². The monoisotopic (exact) mass is 274 g/mol. The highest BCUT2D eigenvalue weighted by atomic mass is 16.2. The number of rotatable bonds is 6. The van der Waals surface area contributed by atoms with E-state index < -0.39 is 17.5 Å². The standard InChI is InChI=1S/C15H18N2O3/c1-2-3-9-15(11-18)13(19)17(14(20)16-15)10-12-7-5-4-6-8-12/h4-8,11H,2-3,9-10H2,1H3,(H,16,20)/t15-/m0/s1. The van der Waals surface area contributed by atoms with E-state index >= 15 is 0 Å². The Morgan fingerprint density at radius 1 is 1.25 bits per heavy atom. The highest BCUT2D eigenvalue weighted by Crippen LogP contribution is 2.23. The Kier molecular flexibility index (Phi) is 4.17. The van der Waals surface area contributed by atoms with Gasteiger partial charge < -0.3 is 10.1 Å². The Labute approximate surface area is 118 Å². The van der Waals surface area contributed by atoms with Gasteiger partial charge in [0.2, 0.25) is 0 Å². The van der Waals surface area contributed by atoms with Gasteiger partial charge in [0.25, 0.3) is 5.91 Å². The minimum atomic E-state index is -1.37. The van der Waals surface area contributed by atoms with Crippen molar-refractivity contribution in [1.82, 2.24) is 10.2 Å². The third kappa shape index (κ3) is 2.57. The number of hydrogen-bond donors (Lipinski definition) is 1. The predicted octanol–water partition coefficient (Wildman–Crippen LogP) is 1.87. The molecule has 1 N–H and O–H groups in total. The summed E-state index contributed by atoms with van der Waals surface area (Å²) >= 11 is 0. The minimum Gasteiger partial charge on any atom is -0.317 e. The van der Waals surface area contributed by atoms with Crippen molar-refractivity contribution in [2.75, 3.05) is 0 Å². The van der Waals surface area contributed by atoms with Crippen LogP contribution in [0.4, 0.5) is 4.79 Å². The fourth-order valence-corrected chi connectivity index (χ4v) is 2.32. The van der Waals surface area contributed by atoms with E-state index in [9.17, 15) is 14.4 Å². The van der Waals surface area contributed by atoms with Crippen LogP contribution in [0.3, 0.4) is 0 Å². The smallest absolute Gasteiger partial charge is 0.317 e. The molecule has 0 saturated carbocycles. The van der Waals surface area contributed by atoms with Gasteiger partial charge in [0.1, 0.15) is 0 Å². The second-order valence-corrected chi connectivity index (χ2v) is 5.00. The molecule has 1 saturated heterocycles. The van der Waals surface area contributed by atoms with Gasteiger partial charge in [-0.15, -0.1) is 0 Å². The first-order chi connectivity index (χ1) is 9.63. The molecule has 0 aromatic heterocycles. The van der Waals surface area contributed by atoms with Crippen LogP contribution in [0.25, 0.3) is 0 Å². The Hall–Kier alpha value is -2.17. The van der Waals surface area contributed by atoms with Crippen LogP contribution in [0.1, 0.15) is 31.7 Å². The van der Waals surface area contributed by atoms with E-state index in [0.717, 1.165) is 16.9 Å². The lowest BCUT2D eigenvalue weighted by atomic mass is 9.94. The van der Waals surface area contributed by atoms with Crippen LogP contribution in [0, 0.1) is 0 Å². The van der Waals surface area contributed by atoms with E-state index in [1.54, 1.807) is 0 Å². The highest BCUT2D eigenvalue weighted by molar-refractivity contribution is 6.15. The lowest BCUT2D eigenvalue weighted by molar-refractivity contribution is -0.135. The average molecular weight is 274 g/mol. The van der Waals surface area contributed by atoms with Gasteiger partial charge in [0.15, 0.2) is 11.8 Å². The van der Waals surface area contributed by atoms with Gasteiger partial charge in [0, 0.05) is 0 Å². The Morgan fingerprint density at radius 2 is 1.95 bits per heavy atom. The molecule has 0 spiro atoms. The van der Waals surface area contributed by atoms with Gasteiger partial charge in [-0.2, -0.15) is 0 Å². The Balaban J connectivity index is 2.17. The maximum absolute atomic E-state index is 12.4. The molecule has 0 radical (unpaired) electrons. The van der Waals surface area contributed by atoms with Crippen LogP contribution < -0.4 is 5.32 Å². The zero-order chi connectivity index (χ0) is 14.6. The Bertz CT molecular complexity index is 515. The van der Waals surface area contributed by atoms with Crippen molar-refractivity contribution < 1.29 is 14.4 Å². The molecule has 0 aliphatic carbocycles. The highest BCUT2D eigenvalue weighted by Gasteiger charge is 2.50. The van der Waals surface area contributed by atoms with Crippen molar-refractivity contribution in [1.29, 1.82) is 0 Å². The molecule has 106 valence electrons. The number of carbonyl (C=O) groups is 3. The number of hydrogen-bond acceptors (Lipinski definition) is 3. The summed E-state index contributed by atoms with van der Waals surface area (Å²) in [5.74, 6) is -0.449. The van der Waals surface area contributed by atoms with Gasteiger partial charge in [-0.1, -0.05) is 50.1 Å². The van der Waals surface area contributed by atoms with Gasteiger partial charge in [-0.25, -0.2) is 4.79 Å². The van der Waals surface area contributed by atoms with E-state index in [2.05, 4.69) is 5.32 Å². The number of amides is 3. The molecule has 5 heteroatoms. The molecule has 1 aromatic carbocycles. The fraction of sp³-hybridized carbons (Fsp3) is 0.400. The molecule has 1 fully saturated rings. The van der Waals surface area contributed by atoms with Crippen LogP contribution in [0.5, 0.6) is 0 Å². The maximum Gasteiger partial charge on any atom is 0.325 e. The largest absolute Gasteiger partial charge is 0.325 e. The number of nitrogens with one attached hydrogen (secondary N) is 1. The van der Waals surface area contributed by atoms with Gasteiger partial charge in [-0.05, 0) is 12.0 Å². The summed E-state index contributed by atoms with van der Waals surface area (Å²) < 4.78 is 0. The average Bonchev–Trinajstić information content (AvgIpc) is 2.71. The first-order valence-electron chi connectivity index (χ1n) is 6.77. The lowest BCUT2D eigenvalue weighted by Gasteiger charge is -2.19. The molecule has 1 aromatic rings. The van der Waals surface area contributed by atoms with Crippen LogP contribution in [0.15, 0.2) is 30.3 Å². The molecule has 2 rings (SSSR count). The number of carbonyl (C=O) groups excluding carboxylic acids is 3. The first-order valence-corrected chi connectivity index (χ1v) is 6.77. The minimum absolute atomic E-state index is 0.188. The van der Waals surface area contributed by atoms with E-state index in [4.69, 9.17) is 0 Å². The van der Waals surface area contributed by atoms with Crippen molar-refractivity contribution in [3.05, 3.63) is 35.9 Å². The van der Waals surface area contributed by atoms with Crippen molar-refractivity contribution >= 4 is 18.2 Å². The third-order valence-electron chi connectivity index (χ3n) is 3.51. The van der Waals surface area contributed by atoms with E-state index in [1.807, 2.05) is 37.3 Å². The topological polar surface area (TPSA) is 66.5 Å². The van der Waals surface area contributed by atoms with Crippen molar-refractivity contribution in [3.63, 3.8) is 0 Å². The molecule has 5 nitrogen and oxygen atoms in total. The second-order valence-electron chi connectivity index (χ2n) is 5.00. The van der Waals surface area contributed by atoms with E-state index in [1.165, 1.54) is 0 Å². The molecular formula is C15H18N2O3. The summed E-state index contributed by atoms with van der Waals surface area (Å²) in [6, 6.07) is 8.74. The summed E-state index contributed by atoms with van der Waals surface area (Å²) in [7, 11) is 0. The van der Waals surface area contributed by atoms with Gasteiger partial charge in [-0.3, -0.25) is 9.69 Å². The number of aldehydes is 1. The second kappa shape index (κ2) is 5.86. The predicted molar refractivity (Wildman–Crippen MR) is 73.8 cm³/mol. The molecule has 0 unspecified atom stereocenters. The molecule has 1 atom stereocenters. The normalized spacial score (nSPS) is 21.9. The summed E-state index contributed by atoms with van der Waals surface area (Å²) in [6.07, 6.45) is 2.48. The van der Waals surface area contributed by atoms with Crippen molar-refractivity contribution in [2.24, 2.45) is 0 Å². The zero-order valence-electron chi connectivity index (χ0n) is 11.5. The Morgan fingerprint density at radius 3 is 2.55 bits per heavy atom. The molecule has 3 amide bonds. The first kappa shape index (κ1) is 14.2. The number of benzene rings is 1. The zero-order valence-corrected chi connectivity index (χ0v) is 11.5. The van der Waals surface area contributed by atoms with Crippen molar-refractivity contribution in [3.8, 4) is 0 Å². The summed E-state index contributed by atoms with van der Waals surface area (Å²) in [4.78, 5) is 36.8.